The highest BCUT2D eigenvalue weighted by Crippen LogP contribution is 2.03. The van der Waals surface area contributed by atoms with Crippen LogP contribution in [0.3, 0.4) is 0 Å². The van der Waals surface area contributed by atoms with Crippen molar-refractivity contribution < 1.29 is 0 Å². The van der Waals surface area contributed by atoms with Crippen molar-refractivity contribution in [2.45, 2.75) is 39.7 Å². The summed E-state index contributed by atoms with van der Waals surface area (Å²) >= 11 is 0. The van der Waals surface area contributed by atoms with Gasteiger partial charge in [-0.05, 0) is 53.5 Å². The van der Waals surface area contributed by atoms with Gasteiger partial charge < -0.3 is 9.80 Å². The van der Waals surface area contributed by atoms with Gasteiger partial charge in [0.25, 0.3) is 0 Å². The van der Waals surface area contributed by atoms with Crippen LogP contribution >= 0.6 is 0 Å². The molecule has 2 nitrogen and oxygen atoms in total. The van der Waals surface area contributed by atoms with E-state index in [0.29, 0.717) is 0 Å². The molecule has 0 aromatic rings. The molecule has 0 amide bonds. The van der Waals surface area contributed by atoms with E-state index >= 15 is 0 Å². The summed E-state index contributed by atoms with van der Waals surface area (Å²) in [6.45, 7) is 10.4. The third-order valence-corrected chi connectivity index (χ3v) is 2.87. The van der Waals surface area contributed by atoms with Crippen molar-refractivity contribution in [3.63, 3.8) is 0 Å². The number of nitrogens with zero attached hydrogens (tertiary/aromatic N) is 2. The average Bonchev–Trinajstić information content (AvgIpc) is 2.12. The fraction of sp³-hybridized carbons (Fsp3) is 1.00. The standard InChI is InChI=1S/C11H26N2/c1-6-13(7-2)10-8-9-11(3)12(4)5/h11H,6-10H2,1-5H3. The Labute approximate surface area is 83.9 Å². The second-order valence-corrected chi connectivity index (χ2v) is 3.98. The van der Waals surface area contributed by atoms with Gasteiger partial charge in [-0.25, -0.2) is 0 Å². The van der Waals surface area contributed by atoms with Crippen LogP contribution in [-0.2, 0) is 0 Å². The summed E-state index contributed by atoms with van der Waals surface area (Å²) in [7, 11) is 4.31. The van der Waals surface area contributed by atoms with Crippen molar-refractivity contribution in [1.82, 2.24) is 9.80 Å². The summed E-state index contributed by atoms with van der Waals surface area (Å²) in [5, 5.41) is 0. The molecule has 2 heteroatoms. The Balaban J connectivity index is 3.43. The van der Waals surface area contributed by atoms with Gasteiger partial charge in [-0.15, -0.1) is 0 Å². The highest BCUT2D eigenvalue weighted by atomic mass is 15.1. The largest absolute Gasteiger partial charge is 0.307 e. The first-order valence-electron chi connectivity index (χ1n) is 5.50. The van der Waals surface area contributed by atoms with Crippen molar-refractivity contribution in [2.75, 3.05) is 33.7 Å². The van der Waals surface area contributed by atoms with E-state index in [1.165, 1.54) is 32.5 Å². The third kappa shape index (κ3) is 6.05. The maximum absolute atomic E-state index is 2.49. The normalized spacial score (nSPS) is 14.1. The first-order valence-corrected chi connectivity index (χ1v) is 5.50. The first kappa shape index (κ1) is 12.9. The minimum atomic E-state index is 0.718. The molecule has 0 radical (unpaired) electrons. The van der Waals surface area contributed by atoms with Gasteiger partial charge in [0, 0.05) is 6.04 Å². The summed E-state index contributed by atoms with van der Waals surface area (Å²) in [5.74, 6) is 0. The van der Waals surface area contributed by atoms with Gasteiger partial charge in [-0.3, -0.25) is 0 Å². The average molecular weight is 186 g/mol. The summed E-state index contributed by atoms with van der Waals surface area (Å²) in [5.41, 5.74) is 0. The maximum Gasteiger partial charge on any atom is 0.00613 e. The van der Waals surface area contributed by atoms with Crippen LogP contribution in [0.5, 0.6) is 0 Å². The van der Waals surface area contributed by atoms with Crippen LogP contribution in [0.25, 0.3) is 0 Å². The Kier molecular flexibility index (Phi) is 7.29. The molecule has 80 valence electrons. The molecule has 0 bridgehead atoms. The van der Waals surface area contributed by atoms with Crippen molar-refractivity contribution >= 4 is 0 Å². The predicted octanol–water partition coefficient (Wildman–Crippen LogP) is 2.06. The quantitative estimate of drug-likeness (QED) is 0.600. The molecule has 0 heterocycles. The molecule has 0 saturated heterocycles. The van der Waals surface area contributed by atoms with Crippen molar-refractivity contribution in [1.29, 1.82) is 0 Å². The SMILES string of the molecule is CCN(CC)CCCC(C)N(C)C. The summed E-state index contributed by atoms with van der Waals surface area (Å²) in [6, 6.07) is 0.718. The molecule has 0 rings (SSSR count). The molecule has 0 spiro atoms. The molecule has 0 aliphatic carbocycles. The monoisotopic (exact) mass is 186 g/mol. The topological polar surface area (TPSA) is 6.48 Å². The van der Waals surface area contributed by atoms with Crippen molar-refractivity contribution in [3.8, 4) is 0 Å². The van der Waals surface area contributed by atoms with Gasteiger partial charge in [-0.2, -0.15) is 0 Å². The van der Waals surface area contributed by atoms with Gasteiger partial charge in [-0.1, -0.05) is 13.8 Å². The minimum Gasteiger partial charge on any atom is -0.307 e. The van der Waals surface area contributed by atoms with E-state index in [0.717, 1.165) is 6.04 Å². The highest BCUT2D eigenvalue weighted by molar-refractivity contribution is 4.61. The van der Waals surface area contributed by atoms with Crippen LogP contribution in [0.4, 0.5) is 0 Å². The summed E-state index contributed by atoms with van der Waals surface area (Å²) in [6.07, 6.45) is 2.63. The van der Waals surface area contributed by atoms with Gasteiger partial charge in [0.15, 0.2) is 0 Å². The van der Waals surface area contributed by atoms with Gasteiger partial charge in [0.1, 0.15) is 0 Å². The molecule has 0 saturated carbocycles. The minimum absolute atomic E-state index is 0.718. The van der Waals surface area contributed by atoms with Crippen LogP contribution in [-0.4, -0.2) is 49.6 Å². The van der Waals surface area contributed by atoms with Crippen LogP contribution in [0, 0.1) is 0 Å². The lowest BCUT2D eigenvalue weighted by atomic mass is 10.1. The Morgan fingerprint density at radius 1 is 1.08 bits per heavy atom. The molecule has 0 N–H and O–H groups in total. The Hall–Kier alpha value is -0.0800. The molecular formula is C11H26N2. The van der Waals surface area contributed by atoms with Crippen LogP contribution in [0.1, 0.15) is 33.6 Å². The zero-order valence-electron chi connectivity index (χ0n) is 10.0. The van der Waals surface area contributed by atoms with E-state index in [1.807, 2.05) is 0 Å². The number of hydrogen-bond acceptors (Lipinski definition) is 2. The van der Waals surface area contributed by atoms with E-state index in [2.05, 4.69) is 44.7 Å². The van der Waals surface area contributed by atoms with E-state index in [9.17, 15) is 0 Å². The fourth-order valence-corrected chi connectivity index (χ4v) is 1.41. The number of rotatable bonds is 7. The van der Waals surface area contributed by atoms with Gasteiger partial charge in [0.05, 0.1) is 0 Å². The first-order chi connectivity index (χ1) is 6.11. The molecular weight excluding hydrogens is 160 g/mol. The Morgan fingerprint density at radius 2 is 1.62 bits per heavy atom. The lowest BCUT2D eigenvalue weighted by Crippen LogP contribution is -2.28. The third-order valence-electron chi connectivity index (χ3n) is 2.87. The second kappa shape index (κ2) is 7.34. The molecule has 0 aliphatic rings. The molecule has 1 unspecified atom stereocenters. The van der Waals surface area contributed by atoms with E-state index in [1.54, 1.807) is 0 Å². The van der Waals surface area contributed by atoms with E-state index < -0.39 is 0 Å². The lowest BCUT2D eigenvalue weighted by Gasteiger charge is -2.22. The second-order valence-electron chi connectivity index (χ2n) is 3.98. The number of hydrogen-bond donors (Lipinski definition) is 0. The van der Waals surface area contributed by atoms with Crippen molar-refractivity contribution in [3.05, 3.63) is 0 Å². The molecule has 0 fully saturated rings. The van der Waals surface area contributed by atoms with Crippen LogP contribution in [0.2, 0.25) is 0 Å². The zero-order valence-corrected chi connectivity index (χ0v) is 10.0. The Bertz CT molecular complexity index is 107. The molecule has 0 aromatic carbocycles. The molecule has 0 aromatic heterocycles. The van der Waals surface area contributed by atoms with Crippen LogP contribution < -0.4 is 0 Å². The zero-order chi connectivity index (χ0) is 10.3. The molecule has 13 heavy (non-hydrogen) atoms. The van der Waals surface area contributed by atoms with E-state index in [-0.39, 0.29) is 0 Å². The predicted molar refractivity (Wildman–Crippen MR) is 60.2 cm³/mol. The summed E-state index contributed by atoms with van der Waals surface area (Å²) in [4.78, 5) is 4.78. The Morgan fingerprint density at radius 3 is 2.00 bits per heavy atom. The lowest BCUT2D eigenvalue weighted by molar-refractivity contribution is 0.256. The smallest absolute Gasteiger partial charge is 0.00613 e. The highest BCUT2D eigenvalue weighted by Gasteiger charge is 2.05. The van der Waals surface area contributed by atoms with Crippen molar-refractivity contribution in [2.24, 2.45) is 0 Å². The molecule has 1 atom stereocenters. The van der Waals surface area contributed by atoms with Gasteiger partial charge >= 0.3 is 0 Å². The van der Waals surface area contributed by atoms with E-state index in [4.69, 9.17) is 0 Å². The summed E-state index contributed by atoms with van der Waals surface area (Å²) < 4.78 is 0. The molecule has 0 aliphatic heterocycles. The fourth-order valence-electron chi connectivity index (χ4n) is 1.41. The maximum atomic E-state index is 2.49. The van der Waals surface area contributed by atoms with Crippen LogP contribution in [0.15, 0.2) is 0 Å². The van der Waals surface area contributed by atoms with Gasteiger partial charge in [0.2, 0.25) is 0 Å².